The summed E-state index contributed by atoms with van der Waals surface area (Å²) < 4.78 is 44.4. The highest BCUT2D eigenvalue weighted by Crippen LogP contribution is 2.32. The molecule has 0 radical (unpaired) electrons. The van der Waals surface area contributed by atoms with Crippen LogP contribution in [-0.2, 0) is 61.9 Å². The predicted octanol–water partition coefficient (Wildman–Crippen LogP) is 0.585. The molecule has 2 aliphatic rings. The zero-order chi connectivity index (χ0) is 27.0. The first-order valence-electron chi connectivity index (χ1n) is 11.6. The number of esters is 5. The molecular formula is C23H34O13. The van der Waals surface area contributed by atoms with E-state index in [-0.39, 0.29) is 26.1 Å². The maximum Gasteiger partial charge on any atom is 0.303 e. The summed E-state index contributed by atoms with van der Waals surface area (Å²) in [6.45, 7) is 7.39. The van der Waals surface area contributed by atoms with Gasteiger partial charge in [0.25, 0.3) is 0 Å². The topological polar surface area (TPSA) is 159 Å². The van der Waals surface area contributed by atoms with Crippen molar-refractivity contribution in [2.75, 3.05) is 13.2 Å². The lowest BCUT2D eigenvalue weighted by molar-refractivity contribution is -0.305. The first kappa shape index (κ1) is 29.5. The number of hydrogen-bond acceptors (Lipinski definition) is 13. The van der Waals surface area contributed by atoms with Crippen LogP contribution in [0.15, 0.2) is 0 Å². The summed E-state index contributed by atoms with van der Waals surface area (Å²) in [7, 11) is 0. The Balaban J connectivity index is 2.33. The van der Waals surface area contributed by atoms with Crippen LogP contribution in [0.5, 0.6) is 0 Å². The Kier molecular flexibility index (Phi) is 11.1. The Labute approximate surface area is 208 Å². The van der Waals surface area contributed by atoms with Gasteiger partial charge in [0, 0.05) is 47.5 Å². The molecule has 0 N–H and O–H groups in total. The third-order valence-corrected chi connectivity index (χ3v) is 5.36. The average molecular weight is 519 g/mol. The lowest BCUT2D eigenvalue weighted by Gasteiger charge is -2.46. The fraction of sp³-hybridized carbons (Fsp3) is 0.783. The van der Waals surface area contributed by atoms with E-state index >= 15 is 0 Å². The van der Waals surface area contributed by atoms with E-state index in [0.717, 1.165) is 0 Å². The largest absolute Gasteiger partial charge is 0.463 e. The van der Waals surface area contributed by atoms with Crippen LogP contribution in [0.4, 0.5) is 0 Å². The van der Waals surface area contributed by atoms with Crippen molar-refractivity contribution < 1.29 is 61.9 Å². The van der Waals surface area contributed by atoms with E-state index in [4.69, 9.17) is 37.9 Å². The third-order valence-electron chi connectivity index (χ3n) is 5.36. The highest BCUT2D eigenvalue weighted by molar-refractivity contribution is 5.68. The Bertz CT molecular complexity index is 812. The predicted molar refractivity (Wildman–Crippen MR) is 117 cm³/mol. The van der Waals surface area contributed by atoms with Gasteiger partial charge in [0.15, 0.2) is 18.5 Å². The smallest absolute Gasteiger partial charge is 0.303 e. The van der Waals surface area contributed by atoms with E-state index in [1.165, 1.54) is 34.6 Å². The quantitative estimate of drug-likeness (QED) is 0.308. The molecule has 8 unspecified atom stereocenters. The van der Waals surface area contributed by atoms with Gasteiger partial charge in [-0.2, -0.15) is 0 Å². The maximum absolute atomic E-state index is 12.0. The van der Waals surface area contributed by atoms with Crippen molar-refractivity contribution in [3.05, 3.63) is 0 Å². The van der Waals surface area contributed by atoms with Crippen LogP contribution >= 0.6 is 0 Å². The molecule has 0 saturated carbocycles. The lowest BCUT2D eigenvalue weighted by atomic mass is 9.94. The van der Waals surface area contributed by atoms with E-state index in [1.54, 1.807) is 6.92 Å². The van der Waals surface area contributed by atoms with Crippen molar-refractivity contribution in [1.29, 1.82) is 0 Å². The Hall–Kier alpha value is -2.77. The van der Waals surface area contributed by atoms with Gasteiger partial charge in [-0.1, -0.05) is 0 Å². The van der Waals surface area contributed by atoms with Crippen LogP contribution in [0, 0.1) is 0 Å². The van der Waals surface area contributed by atoms with E-state index in [0.29, 0.717) is 0 Å². The summed E-state index contributed by atoms with van der Waals surface area (Å²) in [4.78, 5) is 58.0. The molecule has 13 nitrogen and oxygen atoms in total. The van der Waals surface area contributed by atoms with E-state index in [2.05, 4.69) is 0 Å². The summed E-state index contributed by atoms with van der Waals surface area (Å²) in [6.07, 6.45) is -6.89. The molecule has 0 aromatic carbocycles. The third kappa shape index (κ3) is 9.36. The summed E-state index contributed by atoms with van der Waals surface area (Å²) in [6, 6.07) is 0. The highest BCUT2D eigenvalue weighted by Gasteiger charge is 2.51. The summed E-state index contributed by atoms with van der Waals surface area (Å²) in [5.41, 5.74) is 0. The molecule has 0 aromatic heterocycles. The van der Waals surface area contributed by atoms with Gasteiger partial charge in [0.1, 0.15) is 31.5 Å². The molecule has 0 aliphatic carbocycles. The molecule has 2 heterocycles. The minimum absolute atomic E-state index is 0.105. The van der Waals surface area contributed by atoms with Gasteiger partial charge < -0.3 is 37.9 Å². The van der Waals surface area contributed by atoms with Crippen LogP contribution < -0.4 is 0 Å². The zero-order valence-corrected chi connectivity index (χ0v) is 21.3. The molecule has 36 heavy (non-hydrogen) atoms. The fourth-order valence-corrected chi connectivity index (χ4v) is 4.12. The number of ether oxygens (including phenoxy) is 8. The number of carbonyl (C=O) groups is 5. The molecule has 2 fully saturated rings. The summed E-state index contributed by atoms with van der Waals surface area (Å²) in [5, 5.41) is 0. The fourth-order valence-electron chi connectivity index (χ4n) is 4.12. The molecule has 2 rings (SSSR count). The molecule has 0 spiro atoms. The van der Waals surface area contributed by atoms with Crippen LogP contribution in [0.25, 0.3) is 0 Å². The molecule has 13 heteroatoms. The molecule has 2 aliphatic heterocycles. The van der Waals surface area contributed by atoms with Crippen molar-refractivity contribution >= 4 is 29.8 Å². The van der Waals surface area contributed by atoms with Gasteiger partial charge in [-0.05, 0) is 6.92 Å². The highest BCUT2D eigenvalue weighted by atomic mass is 16.7. The Morgan fingerprint density at radius 3 is 1.78 bits per heavy atom. The van der Waals surface area contributed by atoms with E-state index < -0.39 is 78.9 Å². The Morgan fingerprint density at radius 2 is 1.22 bits per heavy atom. The molecule has 2 saturated heterocycles. The number of carbonyl (C=O) groups excluding carboxylic acids is 5. The Morgan fingerprint density at radius 1 is 0.667 bits per heavy atom. The van der Waals surface area contributed by atoms with Gasteiger partial charge in [0.05, 0.1) is 12.2 Å². The van der Waals surface area contributed by atoms with Gasteiger partial charge in [-0.15, -0.1) is 0 Å². The number of rotatable bonds is 9. The second-order valence-electron chi connectivity index (χ2n) is 8.62. The maximum atomic E-state index is 12.0. The second kappa shape index (κ2) is 13.5. The second-order valence-corrected chi connectivity index (χ2v) is 8.62. The molecule has 0 amide bonds. The van der Waals surface area contributed by atoms with Gasteiger partial charge in [0.2, 0.25) is 0 Å². The van der Waals surface area contributed by atoms with Crippen LogP contribution in [0.2, 0.25) is 0 Å². The summed E-state index contributed by atoms with van der Waals surface area (Å²) in [5.74, 6) is -2.89. The monoisotopic (exact) mass is 518 g/mol. The summed E-state index contributed by atoms with van der Waals surface area (Å²) >= 11 is 0. The first-order valence-corrected chi connectivity index (χ1v) is 11.6. The van der Waals surface area contributed by atoms with Gasteiger partial charge >= 0.3 is 29.8 Å². The van der Waals surface area contributed by atoms with Crippen LogP contribution in [-0.4, -0.2) is 92.1 Å². The normalized spacial score (nSPS) is 32.1. The number of hydrogen-bond donors (Lipinski definition) is 0. The van der Waals surface area contributed by atoms with Gasteiger partial charge in [-0.3, -0.25) is 24.0 Å². The molecule has 0 aromatic rings. The van der Waals surface area contributed by atoms with E-state index in [9.17, 15) is 24.0 Å². The zero-order valence-electron chi connectivity index (χ0n) is 21.3. The first-order chi connectivity index (χ1) is 16.8. The van der Waals surface area contributed by atoms with Crippen LogP contribution in [0.3, 0.4) is 0 Å². The SMILES string of the molecule is CC(=O)OCC1CC(OC(C)=O)CC(OC2C(COC(C)=O)OC(C)C(OC(C)=O)C2OC(C)=O)O1. The van der Waals surface area contributed by atoms with E-state index in [1.807, 2.05) is 0 Å². The minimum atomic E-state index is -1.14. The van der Waals surface area contributed by atoms with Crippen molar-refractivity contribution in [3.8, 4) is 0 Å². The van der Waals surface area contributed by atoms with Gasteiger partial charge in [-0.25, -0.2) is 0 Å². The molecular weight excluding hydrogens is 484 g/mol. The van der Waals surface area contributed by atoms with Crippen molar-refractivity contribution in [3.63, 3.8) is 0 Å². The standard InChI is InChI=1S/C23H34O13/c1-11-21(33-15(5)27)23(34-16(6)28)22(19(31-11)10-30-13(3)25)36-20-8-17(32-14(4)26)7-18(35-20)9-29-12(2)24/h11,17-23H,7-10H2,1-6H3. The van der Waals surface area contributed by atoms with Crippen molar-refractivity contribution in [1.82, 2.24) is 0 Å². The molecule has 0 bridgehead atoms. The van der Waals surface area contributed by atoms with Crippen molar-refractivity contribution in [2.24, 2.45) is 0 Å². The van der Waals surface area contributed by atoms with Crippen LogP contribution in [0.1, 0.15) is 54.4 Å². The lowest BCUT2D eigenvalue weighted by Crippen LogP contribution is -2.62. The minimum Gasteiger partial charge on any atom is -0.463 e. The van der Waals surface area contributed by atoms with Crippen molar-refractivity contribution in [2.45, 2.75) is 103 Å². The molecule has 204 valence electrons. The molecule has 8 atom stereocenters. The average Bonchev–Trinajstić information content (AvgIpc) is 2.74.